The summed E-state index contributed by atoms with van der Waals surface area (Å²) < 4.78 is 0. The van der Waals surface area contributed by atoms with Crippen LogP contribution < -0.4 is 9.80 Å². The van der Waals surface area contributed by atoms with Crippen molar-refractivity contribution in [3.05, 3.63) is 180 Å². The molecule has 316 valence electrons. The summed E-state index contributed by atoms with van der Waals surface area (Å²) in [7, 11) is 0. The molecule has 0 radical (unpaired) electrons. The molecule has 5 aliphatic carbocycles. The summed E-state index contributed by atoms with van der Waals surface area (Å²) in [5.41, 5.74) is 12.7. The van der Waals surface area contributed by atoms with Gasteiger partial charge in [-0.15, -0.1) is 0 Å². The van der Waals surface area contributed by atoms with Crippen molar-refractivity contribution in [1.82, 2.24) is 0 Å². The lowest BCUT2D eigenvalue weighted by atomic mass is 9.76. The molecule has 0 heterocycles. The predicted octanol–water partition coefficient (Wildman–Crippen LogP) is 17.1. The summed E-state index contributed by atoms with van der Waals surface area (Å²) in [6.45, 7) is 20.2. The number of anilines is 2. The Morgan fingerprint density at radius 2 is 1.48 bits per heavy atom. The zero-order valence-electron chi connectivity index (χ0n) is 38.3. The maximum absolute atomic E-state index is 3.94. The minimum atomic E-state index is 0.141. The topological polar surface area (TPSA) is 6.48 Å². The van der Waals surface area contributed by atoms with Gasteiger partial charge in [-0.2, -0.15) is 0 Å². The van der Waals surface area contributed by atoms with Gasteiger partial charge < -0.3 is 9.80 Å². The molecule has 61 heavy (non-hydrogen) atoms. The average Bonchev–Trinajstić information content (AvgIpc) is 3.26. The van der Waals surface area contributed by atoms with E-state index in [4.69, 9.17) is 0 Å². The van der Waals surface area contributed by atoms with Gasteiger partial charge in [-0.1, -0.05) is 145 Å². The standard InChI is InChI=1S/C59H70N2/c1-9-10-14-21-42(2)60(48-32-28-45(29-33-48)58(3,4)5)50-36-38-52-54(40-50)56(43-22-15-11-16-23-43)53-39-37-51(41-55(53)57(52)44-24-17-12-18-25-44)61(47-26-19-13-20-27-47)49-34-30-46(31-35-49)59(6,7)8/h9-11,14-15,17,19,21,24,26-28,30-32,34,36-41,43-44,49H,1,12-13,16,18,20,22-23,25,29,33,35H2,2-8H3/b14-10-,42-21+. The summed E-state index contributed by atoms with van der Waals surface area (Å²) >= 11 is 0. The summed E-state index contributed by atoms with van der Waals surface area (Å²) in [5, 5.41) is 5.73. The Morgan fingerprint density at radius 1 is 0.689 bits per heavy atom. The molecule has 5 aliphatic rings. The van der Waals surface area contributed by atoms with Crippen LogP contribution in [0.25, 0.3) is 21.5 Å². The molecule has 3 aromatic rings. The molecular weight excluding hydrogens is 737 g/mol. The zero-order valence-corrected chi connectivity index (χ0v) is 38.3. The van der Waals surface area contributed by atoms with Gasteiger partial charge in [0, 0.05) is 34.4 Å². The van der Waals surface area contributed by atoms with Gasteiger partial charge in [0.2, 0.25) is 0 Å². The normalized spacial score (nSPS) is 22.3. The quantitative estimate of drug-likeness (QED) is 0.114. The molecule has 0 amide bonds. The molecule has 0 N–H and O–H groups in total. The van der Waals surface area contributed by atoms with Gasteiger partial charge in [0.05, 0.1) is 6.04 Å². The Hall–Kier alpha value is -5.08. The van der Waals surface area contributed by atoms with Crippen molar-refractivity contribution in [3.63, 3.8) is 0 Å². The van der Waals surface area contributed by atoms with Gasteiger partial charge >= 0.3 is 0 Å². The Balaban J connectivity index is 1.36. The molecular formula is C59H70N2. The molecule has 2 heteroatoms. The molecule has 8 rings (SSSR count). The highest BCUT2D eigenvalue weighted by Gasteiger charge is 2.30. The van der Waals surface area contributed by atoms with Crippen molar-refractivity contribution in [2.75, 3.05) is 9.80 Å². The van der Waals surface area contributed by atoms with Gasteiger partial charge in [0.25, 0.3) is 0 Å². The van der Waals surface area contributed by atoms with Gasteiger partial charge in [-0.25, -0.2) is 0 Å². The van der Waals surface area contributed by atoms with E-state index in [-0.39, 0.29) is 16.9 Å². The number of benzene rings is 3. The van der Waals surface area contributed by atoms with Crippen LogP contribution in [0.5, 0.6) is 0 Å². The van der Waals surface area contributed by atoms with E-state index >= 15 is 0 Å². The first-order chi connectivity index (χ1) is 29.4. The third-order valence-electron chi connectivity index (χ3n) is 13.8. The second-order valence-corrected chi connectivity index (χ2v) is 20.1. The molecule has 3 atom stereocenters. The maximum atomic E-state index is 3.94. The average molecular weight is 807 g/mol. The van der Waals surface area contributed by atoms with Crippen LogP contribution in [0.1, 0.15) is 142 Å². The van der Waals surface area contributed by atoms with Crippen molar-refractivity contribution in [1.29, 1.82) is 0 Å². The Labute approximate surface area is 368 Å². The minimum absolute atomic E-state index is 0.141. The Kier molecular flexibility index (Phi) is 12.6. The first-order valence-electron chi connectivity index (χ1n) is 23.5. The number of rotatable bonds is 10. The van der Waals surface area contributed by atoms with E-state index in [1.54, 1.807) is 0 Å². The first-order valence-corrected chi connectivity index (χ1v) is 23.5. The van der Waals surface area contributed by atoms with E-state index in [0.29, 0.717) is 11.8 Å². The fourth-order valence-corrected chi connectivity index (χ4v) is 10.6. The zero-order chi connectivity index (χ0) is 42.7. The van der Waals surface area contributed by atoms with E-state index < -0.39 is 0 Å². The van der Waals surface area contributed by atoms with Crippen LogP contribution in [0, 0.1) is 10.8 Å². The van der Waals surface area contributed by atoms with E-state index in [9.17, 15) is 0 Å². The van der Waals surface area contributed by atoms with Crippen molar-refractivity contribution < 1.29 is 0 Å². The van der Waals surface area contributed by atoms with E-state index in [1.807, 2.05) is 12.2 Å². The highest BCUT2D eigenvalue weighted by Crippen LogP contribution is 2.48. The molecule has 3 unspecified atom stereocenters. The third kappa shape index (κ3) is 9.11. The van der Waals surface area contributed by atoms with Gasteiger partial charge in [0.1, 0.15) is 0 Å². The van der Waals surface area contributed by atoms with E-state index in [0.717, 1.165) is 44.9 Å². The van der Waals surface area contributed by atoms with Gasteiger partial charge in [-0.3, -0.25) is 0 Å². The number of nitrogens with zero attached hydrogens (tertiary/aromatic N) is 2. The van der Waals surface area contributed by atoms with Crippen LogP contribution in [-0.4, -0.2) is 6.04 Å². The minimum Gasteiger partial charge on any atom is -0.334 e. The van der Waals surface area contributed by atoms with Crippen molar-refractivity contribution in [2.24, 2.45) is 10.8 Å². The molecule has 3 aromatic carbocycles. The number of fused-ring (bicyclic) bond motifs is 2. The first kappa shape index (κ1) is 42.6. The Bertz CT molecular complexity index is 2470. The smallest absolute Gasteiger partial charge is 0.0559 e. The van der Waals surface area contributed by atoms with Crippen molar-refractivity contribution in [2.45, 2.75) is 137 Å². The van der Waals surface area contributed by atoms with Crippen LogP contribution in [-0.2, 0) is 0 Å². The summed E-state index contributed by atoms with van der Waals surface area (Å²) in [6.07, 6.45) is 49.7. The van der Waals surface area contributed by atoms with Crippen LogP contribution in [0.4, 0.5) is 11.4 Å². The predicted molar refractivity (Wildman–Crippen MR) is 267 cm³/mol. The van der Waals surface area contributed by atoms with E-state index in [2.05, 4.69) is 186 Å². The lowest BCUT2D eigenvalue weighted by Crippen LogP contribution is -2.34. The van der Waals surface area contributed by atoms with Crippen LogP contribution in [0.3, 0.4) is 0 Å². The van der Waals surface area contributed by atoms with Crippen LogP contribution >= 0.6 is 0 Å². The van der Waals surface area contributed by atoms with Crippen LogP contribution in [0.15, 0.2) is 168 Å². The summed E-state index contributed by atoms with van der Waals surface area (Å²) in [4.78, 5) is 5.17. The van der Waals surface area contributed by atoms with E-state index in [1.165, 1.54) is 98.0 Å². The molecule has 0 aromatic heterocycles. The molecule has 0 saturated carbocycles. The van der Waals surface area contributed by atoms with Gasteiger partial charge in [0.15, 0.2) is 0 Å². The molecule has 0 aliphatic heterocycles. The molecule has 0 saturated heterocycles. The second kappa shape index (κ2) is 18.1. The largest absolute Gasteiger partial charge is 0.334 e. The fourth-order valence-electron chi connectivity index (χ4n) is 10.6. The van der Waals surface area contributed by atoms with Crippen molar-refractivity contribution in [3.8, 4) is 0 Å². The number of allylic oxidation sites excluding steroid dienone is 18. The highest BCUT2D eigenvalue weighted by atomic mass is 15.2. The lowest BCUT2D eigenvalue weighted by molar-refractivity contribution is 0.478. The van der Waals surface area contributed by atoms with Crippen LogP contribution in [0.2, 0.25) is 0 Å². The fraction of sp³-hybridized carbons (Fsp3) is 0.390. The molecule has 0 bridgehead atoms. The molecule has 0 fully saturated rings. The number of hydrogen-bond acceptors (Lipinski definition) is 2. The molecule has 2 nitrogen and oxygen atoms in total. The third-order valence-corrected chi connectivity index (χ3v) is 13.8. The Morgan fingerprint density at radius 3 is 2.11 bits per heavy atom. The second-order valence-electron chi connectivity index (χ2n) is 20.1. The summed E-state index contributed by atoms with van der Waals surface area (Å²) in [6, 6.07) is 15.3. The monoisotopic (exact) mass is 807 g/mol. The summed E-state index contributed by atoms with van der Waals surface area (Å²) in [5.74, 6) is 0.833. The van der Waals surface area contributed by atoms with Gasteiger partial charge in [-0.05, 0) is 175 Å². The maximum Gasteiger partial charge on any atom is 0.0559 e. The number of hydrogen-bond donors (Lipinski definition) is 0. The highest BCUT2D eigenvalue weighted by molar-refractivity contribution is 6.09. The van der Waals surface area contributed by atoms with Crippen molar-refractivity contribution >= 4 is 32.9 Å². The molecule has 0 spiro atoms. The SMILES string of the molecule is C=C/C=C\C=C(/C)N(C1=CC=C(C(C)(C)C)CC1)c1ccc2c(C3C=CCCC3)c3cc(N(C4=CCCC=C4)C4C=CC(C(C)(C)C)=CC4)ccc3c(C3CC=CCC3)c2c1. The lowest BCUT2D eigenvalue weighted by Gasteiger charge is -2.36.